The molecule has 90 valence electrons. The molecule has 4 nitrogen and oxygen atoms in total. The number of nitrogens with zero attached hydrogens (tertiary/aromatic N) is 1. The Labute approximate surface area is 100 Å². The lowest BCUT2D eigenvalue weighted by Gasteiger charge is -2.01. The summed E-state index contributed by atoms with van der Waals surface area (Å²) in [5, 5.41) is 3.84. The number of carbonyl (C=O) groups is 1. The van der Waals surface area contributed by atoms with Crippen molar-refractivity contribution in [3.8, 4) is 0 Å². The summed E-state index contributed by atoms with van der Waals surface area (Å²) in [5.74, 6) is -0.00767. The number of carbonyl (C=O) groups excluding carboxylic acids is 1. The number of nitrogens with two attached hydrogens (primary N) is 1. The highest BCUT2D eigenvalue weighted by Gasteiger charge is 2.14. The predicted octanol–water partition coefficient (Wildman–Crippen LogP) is 1.48. The lowest BCUT2D eigenvalue weighted by atomic mass is 10.3. The Hall–Kier alpha value is -0.940. The number of hydrogen-bond donors (Lipinski definition) is 2. The van der Waals surface area contributed by atoms with Gasteiger partial charge in [-0.25, -0.2) is 4.98 Å². The molecule has 0 spiro atoms. The van der Waals surface area contributed by atoms with Crippen LogP contribution in [0.25, 0.3) is 0 Å². The van der Waals surface area contributed by atoms with Crippen LogP contribution in [-0.4, -0.2) is 24.0 Å². The molecule has 0 saturated heterocycles. The van der Waals surface area contributed by atoms with Gasteiger partial charge in [0.15, 0.2) is 0 Å². The van der Waals surface area contributed by atoms with Crippen LogP contribution in [0, 0.1) is 6.92 Å². The van der Waals surface area contributed by atoms with Crippen LogP contribution in [0.3, 0.4) is 0 Å². The van der Waals surface area contributed by atoms with Gasteiger partial charge in [-0.1, -0.05) is 13.3 Å². The fourth-order valence-corrected chi connectivity index (χ4v) is 2.35. The average molecular weight is 241 g/mol. The molecule has 1 rings (SSSR count). The number of aromatic nitrogens is 1. The monoisotopic (exact) mass is 241 g/mol. The summed E-state index contributed by atoms with van der Waals surface area (Å²) in [4.78, 5) is 16.8. The molecule has 0 bridgehead atoms. The van der Waals surface area contributed by atoms with Crippen molar-refractivity contribution in [1.29, 1.82) is 0 Å². The Kier molecular flexibility index (Phi) is 5.42. The van der Waals surface area contributed by atoms with Crippen molar-refractivity contribution < 1.29 is 4.79 Å². The maximum atomic E-state index is 11.8. The minimum atomic E-state index is -0.00767. The largest absolute Gasteiger partial charge is 0.351 e. The predicted molar refractivity (Wildman–Crippen MR) is 66.9 cm³/mol. The number of nitrogens with one attached hydrogen (secondary N) is 1. The molecule has 1 amide bonds. The molecule has 0 aliphatic carbocycles. The van der Waals surface area contributed by atoms with Gasteiger partial charge in [0.1, 0.15) is 4.88 Å². The van der Waals surface area contributed by atoms with Gasteiger partial charge in [0.2, 0.25) is 0 Å². The second-order valence-electron chi connectivity index (χ2n) is 3.67. The summed E-state index contributed by atoms with van der Waals surface area (Å²) in [7, 11) is 0. The van der Waals surface area contributed by atoms with Crippen LogP contribution < -0.4 is 11.1 Å². The molecule has 0 saturated carbocycles. The molecule has 0 radical (unpaired) electrons. The van der Waals surface area contributed by atoms with Gasteiger partial charge in [-0.3, -0.25) is 4.79 Å². The van der Waals surface area contributed by atoms with Gasteiger partial charge in [-0.2, -0.15) is 0 Å². The molecule has 0 aromatic carbocycles. The van der Waals surface area contributed by atoms with E-state index in [-0.39, 0.29) is 5.91 Å². The van der Waals surface area contributed by atoms with Gasteiger partial charge in [-0.15, -0.1) is 11.3 Å². The maximum absolute atomic E-state index is 11.8. The maximum Gasteiger partial charge on any atom is 0.263 e. The Morgan fingerprint density at radius 2 is 2.31 bits per heavy atom. The molecule has 3 N–H and O–H groups in total. The fourth-order valence-electron chi connectivity index (χ4n) is 1.35. The van der Waals surface area contributed by atoms with Crippen LogP contribution in [0.15, 0.2) is 0 Å². The molecule has 0 atom stereocenters. The quantitative estimate of drug-likeness (QED) is 0.741. The Balaban J connectivity index is 2.60. The normalized spacial score (nSPS) is 10.4. The van der Waals surface area contributed by atoms with Crippen LogP contribution >= 0.6 is 11.3 Å². The highest BCUT2D eigenvalue weighted by molar-refractivity contribution is 7.13. The first kappa shape index (κ1) is 13.1. The van der Waals surface area contributed by atoms with Crippen LogP contribution in [0.1, 0.15) is 40.1 Å². The van der Waals surface area contributed by atoms with Crippen molar-refractivity contribution in [3.05, 3.63) is 15.6 Å². The first-order valence-corrected chi connectivity index (χ1v) is 6.45. The summed E-state index contributed by atoms with van der Waals surface area (Å²) in [6.45, 7) is 5.28. The second-order valence-corrected chi connectivity index (χ2v) is 4.75. The van der Waals surface area contributed by atoms with Gasteiger partial charge in [0.25, 0.3) is 5.91 Å². The third-order valence-corrected chi connectivity index (χ3v) is 3.44. The van der Waals surface area contributed by atoms with Crippen molar-refractivity contribution in [2.24, 2.45) is 5.73 Å². The zero-order chi connectivity index (χ0) is 12.0. The summed E-state index contributed by atoms with van der Waals surface area (Å²) in [6, 6.07) is 0. The molecule has 0 aliphatic heterocycles. The standard InChI is InChI=1S/C11H19N3OS/c1-3-4-7-13-11(15)10-8(2)14-9(16-10)5-6-12/h3-7,12H2,1-2H3,(H,13,15). The summed E-state index contributed by atoms with van der Waals surface area (Å²) < 4.78 is 0. The Morgan fingerprint density at radius 1 is 1.56 bits per heavy atom. The lowest BCUT2D eigenvalue weighted by molar-refractivity contribution is 0.0956. The minimum absolute atomic E-state index is 0.00767. The summed E-state index contributed by atoms with van der Waals surface area (Å²) >= 11 is 1.45. The first-order chi connectivity index (χ1) is 7.69. The molecule has 16 heavy (non-hydrogen) atoms. The third kappa shape index (κ3) is 3.57. The van der Waals surface area contributed by atoms with Crippen molar-refractivity contribution >= 4 is 17.2 Å². The molecule has 1 aromatic rings. The van der Waals surface area contributed by atoms with Gasteiger partial charge in [0.05, 0.1) is 10.7 Å². The molecule has 1 aromatic heterocycles. The number of aryl methyl sites for hydroxylation is 1. The number of unbranched alkanes of at least 4 members (excludes halogenated alkanes) is 1. The molecule has 0 aliphatic rings. The number of amides is 1. The first-order valence-electron chi connectivity index (χ1n) is 5.63. The Morgan fingerprint density at radius 3 is 2.94 bits per heavy atom. The molecule has 1 heterocycles. The van der Waals surface area contributed by atoms with Gasteiger partial charge in [0, 0.05) is 13.0 Å². The van der Waals surface area contributed by atoms with Crippen LogP contribution in [-0.2, 0) is 6.42 Å². The van der Waals surface area contributed by atoms with Gasteiger partial charge < -0.3 is 11.1 Å². The highest BCUT2D eigenvalue weighted by Crippen LogP contribution is 2.18. The molecule has 5 heteroatoms. The number of thiazole rings is 1. The van der Waals surface area contributed by atoms with Crippen LogP contribution in [0.5, 0.6) is 0 Å². The molecular weight excluding hydrogens is 222 g/mol. The fraction of sp³-hybridized carbons (Fsp3) is 0.636. The van der Waals surface area contributed by atoms with Crippen molar-refractivity contribution in [2.75, 3.05) is 13.1 Å². The van der Waals surface area contributed by atoms with E-state index in [1.807, 2.05) is 6.92 Å². The SMILES string of the molecule is CCCCNC(=O)c1sc(CCN)nc1C. The van der Waals surface area contributed by atoms with Crippen molar-refractivity contribution in [1.82, 2.24) is 10.3 Å². The van der Waals surface area contributed by atoms with E-state index in [0.29, 0.717) is 6.54 Å². The minimum Gasteiger partial charge on any atom is -0.351 e. The highest BCUT2D eigenvalue weighted by atomic mass is 32.1. The molecule has 0 unspecified atom stereocenters. The van der Waals surface area contributed by atoms with Crippen LogP contribution in [0.2, 0.25) is 0 Å². The third-order valence-electron chi connectivity index (χ3n) is 2.22. The topological polar surface area (TPSA) is 68.0 Å². The van der Waals surface area contributed by atoms with E-state index < -0.39 is 0 Å². The molecular formula is C11H19N3OS. The van der Waals surface area contributed by atoms with Gasteiger partial charge >= 0.3 is 0 Å². The lowest BCUT2D eigenvalue weighted by Crippen LogP contribution is -2.24. The summed E-state index contributed by atoms with van der Waals surface area (Å²) in [6.07, 6.45) is 2.84. The van der Waals surface area contributed by atoms with Gasteiger partial charge in [-0.05, 0) is 19.9 Å². The smallest absolute Gasteiger partial charge is 0.263 e. The van der Waals surface area contributed by atoms with E-state index in [2.05, 4.69) is 17.2 Å². The Bertz CT molecular complexity index is 349. The van der Waals surface area contributed by atoms with E-state index in [1.54, 1.807) is 0 Å². The van der Waals surface area contributed by atoms with Crippen molar-refractivity contribution in [3.63, 3.8) is 0 Å². The summed E-state index contributed by atoms with van der Waals surface area (Å²) in [5.41, 5.74) is 6.27. The zero-order valence-electron chi connectivity index (χ0n) is 9.88. The van der Waals surface area contributed by atoms with E-state index in [4.69, 9.17) is 5.73 Å². The number of hydrogen-bond acceptors (Lipinski definition) is 4. The van der Waals surface area contributed by atoms with E-state index in [0.717, 1.165) is 41.4 Å². The van der Waals surface area contributed by atoms with E-state index in [9.17, 15) is 4.79 Å². The number of rotatable bonds is 6. The van der Waals surface area contributed by atoms with Crippen molar-refractivity contribution in [2.45, 2.75) is 33.1 Å². The second kappa shape index (κ2) is 6.60. The molecule has 0 fully saturated rings. The van der Waals surface area contributed by atoms with Crippen LogP contribution in [0.4, 0.5) is 0 Å². The average Bonchev–Trinajstić information content (AvgIpc) is 2.60. The van der Waals surface area contributed by atoms with E-state index >= 15 is 0 Å². The zero-order valence-corrected chi connectivity index (χ0v) is 10.7. The van der Waals surface area contributed by atoms with E-state index in [1.165, 1.54) is 11.3 Å².